The van der Waals surface area contributed by atoms with Gasteiger partial charge in [-0.1, -0.05) is 47.6 Å². The largest absolute Gasteiger partial charge is 0.444 e. The number of rotatable bonds is 2. The Morgan fingerprint density at radius 1 is 1.21 bits per heavy atom. The van der Waals surface area contributed by atoms with Gasteiger partial charge in [0.2, 0.25) is 0 Å². The topological polar surface area (TPSA) is 78.3 Å². The first-order chi connectivity index (χ1) is 11.3. The van der Waals surface area contributed by atoms with E-state index >= 15 is 0 Å². The van der Waals surface area contributed by atoms with Crippen molar-refractivity contribution in [3.8, 4) is 0 Å². The molecule has 0 N–H and O–H groups in total. The van der Waals surface area contributed by atoms with Gasteiger partial charge in [0, 0.05) is 18.0 Å². The summed E-state index contributed by atoms with van der Waals surface area (Å²) in [5.74, 6) is 0. The van der Waals surface area contributed by atoms with Crippen molar-refractivity contribution in [2.45, 2.75) is 31.9 Å². The quantitative estimate of drug-likeness (QED) is 0.460. The Balaban J connectivity index is 1.92. The van der Waals surface area contributed by atoms with E-state index in [1.807, 2.05) is 63.2 Å². The van der Waals surface area contributed by atoms with Gasteiger partial charge in [0.1, 0.15) is 11.1 Å². The minimum atomic E-state index is -0.744. The number of fused-ring (bicyclic) bond motifs is 1. The van der Waals surface area contributed by atoms with Gasteiger partial charge in [0.25, 0.3) is 0 Å². The molecule has 0 atom stereocenters. The second-order valence-electron chi connectivity index (χ2n) is 7.08. The molecule has 0 saturated carbocycles. The first kappa shape index (κ1) is 16.1. The fraction of sp³-hybridized carbons (Fsp3) is 0.389. The van der Waals surface area contributed by atoms with Crippen LogP contribution in [0.2, 0.25) is 0 Å². The van der Waals surface area contributed by atoms with Crippen LogP contribution in [0, 0.1) is 0 Å². The highest BCUT2D eigenvalue weighted by molar-refractivity contribution is 5.87. The van der Waals surface area contributed by atoms with Crippen molar-refractivity contribution in [1.82, 2.24) is 4.90 Å². The number of azide groups is 1. The normalized spacial score (nSPS) is 16.2. The van der Waals surface area contributed by atoms with Gasteiger partial charge in [-0.15, -0.1) is 0 Å². The third-order valence-corrected chi connectivity index (χ3v) is 4.08. The number of carbonyl (C=O) groups excluding carboxylic acids is 1. The summed E-state index contributed by atoms with van der Waals surface area (Å²) in [6, 6.07) is 13.9. The number of amides is 1. The van der Waals surface area contributed by atoms with E-state index in [0.717, 1.165) is 16.3 Å². The van der Waals surface area contributed by atoms with Crippen LogP contribution in [0.4, 0.5) is 4.79 Å². The zero-order valence-electron chi connectivity index (χ0n) is 14.1. The summed E-state index contributed by atoms with van der Waals surface area (Å²) >= 11 is 0. The molecule has 1 saturated heterocycles. The molecule has 3 rings (SSSR count). The van der Waals surface area contributed by atoms with Crippen molar-refractivity contribution in [3.63, 3.8) is 0 Å². The van der Waals surface area contributed by atoms with Crippen LogP contribution >= 0.6 is 0 Å². The van der Waals surface area contributed by atoms with Crippen LogP contribution in [-0.2, 0) is 10.3 Å². The Morgan fingerprint density at radius 3 is 2.54 bits per heavy atom. The average Bonchev–Trinajstić information content (AvgIpc) is 2.48. The lowest BCUT2D eigenvalue weighted by molar-refractivity contribution is -0.00847. The lowest BCUT2D eigenvalue weighted by Crippen LogP contribution is -2.60. The summed E-state index contributed by atoms with van der Waals surface area (Å²) in [4.78, 5) is 16.8. The molecular formula is C18H20N4O2. The van der Waals surface area contributed by atoms with Crippen LogP contribution in [0.1, 0.15) is 26.3 Å². The number of hydrogen-bond acceptors (Lipinski definition) is 3. The van der Waals surface area contributed by atoms with E-state index in [0.29, 0.717) is 13.1 Å². The summed E-state index contributed by atoms with van der Waals surface area (Å²) < 4.78 is 5.39. The number of benzene rings is 2. The van der Waals surface area contributed by atoms with Crippen molar-refractivity contribution < 1.29 is 9.53 Å². The average molecular weight is 324 g/mol. The van der Waals surface area contributed by atoms with Crippen molar-refractivity contribution in [2.75, 3.05) is 13.1 Å². The van der Waals surface area contributed by atoms with Gasteiger partial charge in [0.05, 0.1) is 0 Å². The molecule has 0 aromatic heterocycles. The van der Waals surface area contributed by atoms with Crippen LogP contribution in [-0.4, -0.2) is 29.7 Å². The molecule has 24 heavy (non-hydrogen) atoms. The molecule has 0 bridgehead atoms. The first-order valence-electron chi connectivity index (χ1n) is 7.87. The second-order valence-corrected chi connectivity index (χ2v) is 7.08. The zero-order chi connectivity index (χ0) is 17.4. The van der Waals surface area contributed by atoms with Crippen molar-refractivity contribution >= 4 is 16.9 Å². The van der Waals surface area contributed by atoms with Gasteiger partial charge in [-0.25, -0.2) is 4.79 Å². The highest BCUT2D eigenvalue weighted by atomic mass is 16.6. The third-order valence-electron chi connectivity index (χ3n) is 4.08. The predicted molar refractivity (Wildman–Crippen MR) is 92.6 cm³/mol. The van der Waals surface area contributed by atoms with Crippen molar-refractivity contribution in [1.29, 1.82) is 0 Å². The van der Waals surface area contributed by atoms with E-state index in [4.69, 9.17) is 10.3 Å². The van der Waals surface area contributed by atoms with Gasteiger partial charge in [0.15, 0.2) is 0 Å². The van der Waals surface area contributed by atoms with Gasteiger partial charge in [-0.2, -0.15) is 0 Å². The third kappa shape index (κ3) is 2.88. The molecule has 2 aromatic carbocycles. The Hall–Kier alpha value is -2.72. The zero-order valence-corrected chi connectivity index (χ0v) is 14.1. The van der Waals surface area contributed by atoms with Crippen molar-refractivity contribution in [3.05, 3.63) is 58.5 Å². The van der Waals surface area contributed by atoms with E-state index in [2.05, 4.69) is 10.0 Å². The van der Waals surface area contributed by atoms with Crippen LogP contribution in [0.25, 0.3) is 21.2 Å². The minimum Gasteiger partial charge on any atom is -0.444 e. The highest BCUT2D eigenvalue weighted by Crippen LogP contribution is 2.40. The first-order valence-corrected chi connectivity index (χ1v) is 7.87. The molecule has 1 amide bonds. The molecule has 1 aliphatic heterocycles. The Morgan fingerprint density at radius 2 is 1.88 bits per heavy atom. The molecule has 1 fully saturated rings. The molecule has 2 aromatic rings. The van der Waals surface area contributed by atoms with E-state index in [9.17, 15) is 4.79 Å². The lowest BCUT2D eigenvalue weighted by Gasteiger charge is -2.47. The minimum absolute atomic E-state index is 0.319. The maximum absolute atomic E-state index is 12.2. The fourth-order valence-corrected chi connectivity index (χ4v) is 3.05. The molecular weight excluding hydrogens is 304 g/mol. The van der Waals surface area contributed by atoms with Crippen LogP contribution < -0.4 is 0 Å². The summed E-state index contributed by atoms with van der Waals surface area (Å²) in [7, 11) is 0. The van der Waals surface area contributed by atoms with Crippen LogP contribution in [0.15, 0.2) is 47.6 Å². The molecule has 6 nitrogen and oxygen atoms in total. The maximum atomic E-state index is 12.2. The smallest absolute Gasteiger partial charge is 0.410 e. The SMILES string of the molecule is CC(C)(C)OC(=O)N1CC(N=[N+]=[N-])(c2cccc3ccccc23)C1. The predicted octanol–water partition coefficient (Wildman–Crippen LogP) is 4.60. The summed E-state index contributed by atoms with van der Waals surface area (Å²) in [5, 5.41) is 6.16. The highest BCUT2D eigenvalue weighted by Gasteiger charge is 2.48. The van der Waals surface area contributed by atoms with Gasteiger partial charge in [-0.3, -0.25) is 0 Å². The molecule has 0 radical (unpaired) electrons. The molecule has 1 heterocycles. The van der Waals surface area contributed by atoms with E-state index < -0.39 is 11.1 Å². The van der Waals surface area contributed by atoms with Gasteiger partial charge >= 0.3 is 6.09 Å². The second kappa shape index (κ2) is 5.73. The van der Waals surface area contributed by atoms with Crippen LogP contribution in [0.5, 0.6) is 0 Å². The van der Waals surface area contributed by atoms with Gasteiger partial charge in [-0.05, 0) is 42.6 Å². The fourth-order valence-electron chi connectivity index (χ4n) is 3.05. The molecule has 124 valence electrons. The number of nitrogens with zero attached hydrogens (tertiary/aromatic N) is 4. The Bertz CT molecular complexity index is 823. The molecule has 1 aliphatic rings. The monoisotopic (exact) mass is 324 g/mol. The van der Waals surface area contributed by atoms with Crippen LogP contribution in [0.3, 0.4) is 0 Å². The lowest BCUT2D eigenvalue weighted by atomic mass is 9.81. The number of carbonyl (C=O) groups is 1. The van der Waals surface area contributed by atoms with E-state index in [1.54, 1.807) is 4.90 Å². The standard InChI is InChI=1S/C18H20N4O2/c1-17(2,3)24-16(23)22-11-18(12-22,20-21-19)15-10-6-8-13-7-4-5-9-14(13)15/h4-10H,11-12H2,1-3H3. The van der Waals surface area contributed by atoms with E-state index in [-0.39, 0.29) is 6.09 Å². The Kier molecular flexibility index (Phi) is 3.85. The number of ether oxygens (including phenoxy) is 1. The molecule has 6 heteroatoms. The van der Waals surface area contributed by atoms with E-state index in [1.165, 1.54) is 0 Å². The number of likely N-dealkylation sites (tertiary alicyclic amines) is 1. The number of hydrogen-bond donors (Lipinski definition) is 0. The van der Waals surface area contributed by atoms with Gasteiger partial charge < -0.3 is 9.64 Å². The molecule has 0 unspecified atom stereocenters. The summed E-state index contributed by atoms with van der Waals surface area (Å²) in [6.45, 7) is 6.13. The summed E-state index contributed by atoms with van der Waals surface area (Å²) in [5.41, 5.74) is 8.69. The Labute approximate surface area is 140 Å². The molecule has 0 spiro atoms. The summed E-state index contributed by atoms with van der Waals surface area (Å²) in [6.07, 6.45) is -0.383. The molecule has 0 aliphatic carbocycles. The maximum Gasteiger partial charge on any atom is 0.410 e. The van der Waals surface area contributed by atoms with Crippen molar-refractivity contribution in [2.24, 2.45) is 5.11 Å².